The lowest BCUT2D eigenvalue weighted by Crippen LogP contribution is -2.55. The predicted molar refractivity (Wildman–Crippen MR) is 85.0 cm³/mol. The summed E-state index contributed by atoms with van der Waals surface area (Å²) in [6, 6.07) is 8.93. The molecule has 1 saturated heterocycles. The number of hydrogen-bond donors (Lipinski definition) is 3. The molecule has 134 valence electrons. The molecule has 3 rings (SSSR count). The maximum absolute atomic E-state index is 13.6. The van der Waals surface area contributed by atoms with Gasteiger partial charge in [-0.05, 0) is 12.5 Å². The number of hydrazine groups is 1. The van der Waals surface area contributed by atoms with Crippen LogP contribution in [0, 0.1) is 0 Å². The summed E-state index contributed by atoms with van der Waals surface area (Å²) in [5.41, 5.74) is 2.13. The minimum atomic E-state index is -1.18. The average Bonchev–Trinajstić information content (AvgIpc) is 3.20. The van der Waals surface area contributed by atoms with Gasteiger partial charge in [0, 0.05) is 6.20 Å². The molecule has 0 aromatic heterocycles. The van der Waals surface area contributed by atoms with E-state index in [1.54, 1.807) is 31.2 Å². The van der Waals surface area contributed by atoms with Crippen LogP contribution in [0.3, 0.4) is 0 Å². The number of cyclic esters (lactones) is 1. The van der Waals surface area contributed by atoms with E-state index >= 15 is 0 Å². The Bertz CT molecular complexity index is 699. The van der Waals surface area contributed by atoms with Gasteiger partial charge >= 0.3 is 6.09 Å². The number of halogens is 1. The molecule has 3 N–H and O–H groups in total. The summed E-state index contributed by atoms with van der Waals surface area (Å²) in [6.07, 6.45) is 0.00804. The van der Waals surface area contributed by atoms with E-state index in [1.165, 1.54) is 11.2 Å². The Labute approximate surface area is 143 Å². The van der Waals surface area contributed by atoms with E-state index in [2.05, 4.69) is 10.7 Å². The van der Waals surface area contributed by atoms with Crippen LogP contribution in [0.25, 0.3) is 0 Å². The predicted octanol–water partition coefficient (Wildman–Crippen LogP) is 0.377. The van der Waals surface area contributed by atoms with Crippen molar-refractivity contribution in [3.63, 3.8) is 0 Å². The maximum Gasteiger partial charge on any atom is 0.407 e. The van der Waals surface area contributed by atoms with E-state index in [1.807, 2.05) is 6.07 Å². The average molecular weight is 350 g/mol. The summed E-state index contributed by atoms with van der Waals surface area (Å²) in [5.74, 6) is -0.455. The first-order valence-corrected chi connectivity index (χ1v) is 7.77. The smallest absolute Gasteiger partial charge is 0.407 e. The number of benzene rings is 1. The normalized spacial score (nSPS) is 22.1. The number of hydrogen-bond acceptors (Lipinski definition) is 6. The van der Waals surface area contributed by atoms with Crippen LogP contribution in [0.4, 0.5) is 9.28 Å². The third kappa shape index (κ3) is 3.10. The molecule has 0 spiro atoms. The molecular weight excluding hydrogens is 331 g/mol. The van der Waals surface area contributed by atoms with Crippen LogP contribution >= 0.6 is 0 Å². The quantitative estimate of drug-likeness (QED) is 0.665. The molecule has 1 aromatic carbocycles. The van der Waals surface area contributed by atoms with Crippen LogP contribution in [-0.4, -0.2) is 53.2 Å². The summed E-state index contributed by atoms with van der Waals surface area (Å²) >= 11 is 0. The van der Waals surface area contributed by atoms with Crippen LogP contribution in [0.15, 0.2) is 42.2 Å². The number of carbonyl (C=O) groups is 2. The molecule has 2 aliphatic rings. The van der Waals surface area contributed by atoms with Crippen molar-refractivity contribution >= 4 is 12.0 Å². The van der Waals surface area contributed by atoms with Crippen molar-refractivity contribution in [3.05, 3.63) is 47.8 Å². The van der Waals surface area contributed by atoms with Gasteiger partial charge in [-0.15, -0.1) is 0 Å². The second-order valence-electron chi connectivity index (χ2n) is 6.04. The Morgan fingerprint density at radius 2 is 2.20 bits per heavy atom. The standard InChI is InChI=1S/C16H19FN4O4/c1-16(11-5-3-2-4-6-11,13-7-18-15(24)25-13)14(23)19-20-8-12(9-22)21(17)10-20/h2-6,8,13,22H,7,9-10H2,1H3,(H,18,24)(H,19,23). The molecule has 0 radical (unpaired) electrons. The molecule has 2 unspecified atom stereocenters. The Hall–Kier alpha value is -2.81. The molecule has 0 saturated carbocycles. The number of nitrogens with zero attached hydrogens (tertiary/aromatic N) is 2. The first-order valence-electron chi connectivity index (χ1n) is 7.77. The zero-order valence-electron chi connectivity index (χ0n) is 13.6. The first kappa shape index (κ1) is 17.0. The molecule has 2 amide bonds. The zero-order chi connectivity index (χ0) is 18.0. The Balaban J connectivity index is 1.86. The highest BCUT2D eigenvalue weighted by Gasteiger charge is 2.48. The van der Waals surface area contributed by atoms with Gasteiger partial charge in [-0.2, -0.15) is 5.12 Å². The molecule has 1 fully saturated rings. The Morgan fingerprint density at radius 1 is 1.48 bits per heavy atom. The third-order valence-electron chi connectivity index (χ3n) is 4.47. The van der Waals surface area contributed by atoms with Crippen molar-refractivity contribution in [3.8, 4) is 0 Å². The molecule has 9 heteroatoms. The maximum atomic E-state index is 13.6. The number of rotatable bonds is 5. The number of amides is 2. The van der Waals surface area contributed by atoms with Crippen molar-refractivity contribution in [2.75, 3.05) is 19.8 Å². The van der Waals surface area contributed by atoms with Gasteiger partial charge in [0.15, 0.2) is 0 Å². The van der Waals surface area contributed by atoms with E-state index in [9.17, 15) is 14.1 Å². The van der Waals surface area contributed by atoms with Crippen LogP contribution in [0.2, 0.25) is 0 Å². The minimum absolute atomic E-state index is 0.0377. The highest BCUT2D eigenvalue weighted by Crippen LogP contribution is 2.32. The second kappa shape index (κ2) is 6.60. The van der Waals surface area contributed by atoms with Crippen molar-refractivity contribution < 1.29 is 23.9 Å². The minimum Gasteiger partial charge on any atom is -0.443 e. The van der Waals surface area contributed by atoms with Gasteiger partial charge in [0.05, 0.1) is 18.8 Å². The fourth-order valence-corrected chi connectivity index (χ4v) is 2.90. The molecule has 2 aliphatic heterocycles. The molecule has 0 aliphatic carbocycles. The lowest BCUT2D eigenvalue weighted by atomic mass is 9.76. The zero-order valence-corrected chi connectivity index (χ0v) is 13.6. The van der Waals surface area contributed by atoms with Gasteiger partial charge in [0.1, 0.15) is 18.2 Å². The van der Waals surface area contributed by atoms with Gasteiger partial charge in [-0.3, -0.25) is 15.2 Å². The summed E-state index contributed by atoms with van der Waals surface area (Å²) in [4.78, 5) is 24.5. The number of aliphatic hydroxyl groups excluding tert-OH is 1. The topological polar surface area (TPSA) is 94.1 Å². The lowest BCUT2D eigenvalue weighted by molar-refractivity contribution is -0.134. The molecule has 2 atom stereocenters. The van der Waals surface area contributed by atoms with Gasteiger partial charge in [0.2, 0.25) is 0 Å². The molecule has 0 bridgehead atoms. The van der Waals surface area contributed by atoms with E-state index in [0.29, 0.717) is 10.7 Å². The summed E-state index contributed by atoms with van der Waals surface area (Å²) in [6.45, 7) is 1.13. The molecule has 8 nitrogen and oxygen atoms in total. The summed E-state index contributed by atoms with van der Waals surface area (Å²) in [7, 11) is 0. The highest BCUT2D eigenvalue weighted by atomic mass is 19.2. The molecule has 25 heavy (non-hydrogen) atoms. The number of ether oxygens (including phenoxy) is 1. The third-order valence-corrected chi connectivity index (χ3v) is 4.47. The van der Waals surface area contributed by atoms with Gasteiger partial charge < -0.3 is 15.2 Å². The molecule has 2 heterocycles. The van der Waals surface area contributed by atoms with Crippen LogP contribution in [-0.2, 0) is 14.9 Å². The summed E-state index contributed by atoms with van der Waals surface area (Å²) < 4.78 is 18.9. The van der Waals surface area contributed by atoms with Crippen molar-refractivity contribution in [2.24, 2.45) is 0 Å². The number of aliphatic hydroxyl groups is 1. The monoisotopic (exact) mass is 350 g/mol. The van der Waals surface area contributed by atoms with E-state index in [-0.39, 0.29) is 18.9 Å². The first-order chi connectivity index (χ1) is 11.9. The number of carbonyl (C=O) groups excluding carboxylic acids is 2. The van der Waals surface area contributed by atoms with Gasteiger partial charge in [0.25, 0.3) is 5.91 Å². The van der Waals surface area contributed by atoms with Crippen molar-refractivity contribution in [1.82, 2.24) is 20.9 Å². The van der Waals surface area contributed by atoms with Gasteiger partial charge in [-0.25, -0.2) is 4.79 Å². The second-order valence-corrected chi connectivity index (χ2v) is 6.04. The van der Waals surface area contributed by atoms with E-state index < -0.39 is 30.1 Å². The highest BCUT2D eigenvalue weighted by molar-refractivity contribution is 5.89. The largest absolute Gasteiger partial charge is 0.443 e. The molecular formula is C16H19FN4O4. The van der Waals surface area contributed by atoms with Crippen LogP contribution in [0.1, 0.15) is 12.5 Å². The van der Waals surface area contributed by atoms with Gasteiger partial charge in [-0.1, -0.05) is 34.8 Å². The fraction of sp³-hybridized carbons (Fsp3) is 0.375. The number of alkyl carbamates (subject to hydrolysis) is 1. The Morgan fingerprint density at radius 3 is 2.76 bits per heavy atom. The number of nitrogens with one attached hydrogen (secondary N) is 2. The van der Waals surface area contributed by atoms with E-state index in [0.717, 1.165) is 0 Å². The SMILES string of the molecule is CC(C(=O)NN1C=C(CO)N(F)C1)(c1ccccc1)C1CNC(=O)O1. The van der Waals surface area contributed by atoms with Crippen LogP contribution < -0.4 is 10.7 Å². The molecule has 1 aromatic rings. The summed E-state index contributed by atoms with van der Waals surface area (Å²) in [5, 5.41) is 13.2. The van der Waals surface area contributed by atoms with Crippen molar-refractivity contribution in [1.29, 1.82) is 0 Å². The van der Waals surface area contributed by atoms with Crippen LogP contribution in [0.5, 0.6) is 0 Å². The van der Waals surface area contributed by atoms with E-state index in [4.69, 9.17) is 9.84 Å². The van der Waals surface area contributed by atoms with Crippen molar-refractivity contribution in [2.45, 2.75) is 18.4 Å². The lowest BCUT2D eigenvalue weighted by Gasteiger charge is -2.34. The fourth-order valence-electron chi connectivity index (χ4n) is 2.90. The Kier molecular flexibility index (Phi) is 4.49.